The van der Waals surface area contributed by atoms with Crippen molar-refractivity contribution in [3.8, 4) is 0 Å². The zero-order valence-corrected chi connectivity index (χ0v) is 23.9. The molecule has 4 rings (SSSR count). The standard InChI is InChI=1S/C26H34ClF3N8O2/c1-6-18-22-23(35-34-18)32-14-33-24(22)38-9-7-37(8-10-38)20-12-17(27)11-19(16(20)4)31-13-21(36(5)15(2)3)40-25(39)26(28,29)30/h11-12,14-15,21,31H,6-10,13H2,1-5H3,(H,32,33,34,35). The number of rotatable bonds is 9. The van der Waals surface area contributed by atoms with Gasteiger partial charge in [-0.25, -0.2) is 14.8 Å². The third-order valence-corrected chi connectivity index (χ3v) is 7.44. The van der Waals surface area contributed by atoms with Crippen LogP contribution in [0.2, 0.25) is 5.02 Å². The summed E-state index contributed by atoms with van der Waals surface area (Å²) >= 11 is 6.48. The van der Waals surface area contributed by atoms with Crippen molar-refractivity contribution in [1.82, 2.24) is 25.1 Å². The van der Waals surface area contributed by atoms with Gasteiger partial charge in [0.05, 0.1) is 17.6 Å². The number of piperazine rings is 1. The monoisotopic (exact) mass is 582 g/mol. The fourth-order valence-electron chi connectivity index (χ4n) is 4.72. The quantitative estimate of drug-likeness (QED) is 0.281. The molecule has 1 unspecified atom stereocenters. The van der Waals surface area contributed by atoms with Crippen LogP contribution >= 0.6 is 11.6 Å². The number of H-pyrrole nitrogens is 1. The van der Waals surface area contributed by atoms with E-state index in [2.05, 4.69) is 35.3 Å². The Kier molecular flexibility index (Phi) is 8.93. The van der Waals surface area contributed by atoms with Crippen molar-refractivity contribution in [2.75, 3.05) is 54.9 Å². The number of halogens is 4. The van der Waals surface area contributed by atoms with Crippen molar-refractivity contribution in [3.63, 3.8) is 0 Å². The maximum atomic E-state index is 12.9. The van der Waals surface area contributed by atoms with Gasteiger partial charge in [-0.15, -0.1) is 0 Å². The molecule has 0 spiro atoms. The highest BCUT2D eigenvalue weighted by Crippen LogP contribution is 2.33. The number of aromatic nitrogens is 4. The van der Waals surface area contributed by atoms with E-state index >= 15 is 0 Å². The molecule has 3 aromatic rings. The Balaban J connectivity index is 1.49. The average molecular weight is 583 g/mol. The first kappa shape index (κ1) is 29.7. The van der Waals surface area contributed by atoms with E-state index < -0.39 is 18.4 Å². The van der Waals surface area contributed by atoms with E-state index in [1.165, 1.54) is 6.33 Å². The number of alkyl halides is 3. The van der Waals surface area contributed by atoms with Crippen LogP contribution in [0.3, 0.4) is 0 Å². The van der Waals surface area contributed by atoms with Crippen LogP contribution in [0.15, 0.2) is 18.5 Å². The van der Waals surface area contributed by atoms with Crippen LogP contribution in [0.25, 0.3) is 11.0 Å². The molecule has 218 valence electrons. The molecular weight excluding hydrogens is 549 g/mol. The lowest BCUT2D eigenvalue weighted by Crippen LogP contribution is -2.47. The predicted octanol–water partition coefficient (Wildman–Crippen LogP) is 4.39. The fourth-order valence-corrected chi connectivity index (χ4v) is 4.94. The van der Waals surface area contributed by atoms with E-state index in [9.17, 15) is 18.0 Å². The van der Waals surface area contributed by atoms with Crippen molar-refractivity contribution >= 4 is 45.8 Å². The summed E-state index contributed by atoms with van der Waals surface area (Å²) in [6, 6.07) is 3.44. The number of carbonyl (C=O) groups excluding carboxylic acids is 1. The number of nitrogens with one attached hydrogen (secondary N) is 2. The first-order chi connectivity index (χ1) is 18.9. The molecule has 2 aromatic heterocycles. The number of fused-ring (bicyclic) bond motifs is 1. The molecule has 1 aliphatic heterocycles. The summed E-state index contributed by atoms with van der Waals surface area (Å²) in [5.41, 5.74) is 4.10. The number of likely N-dealkylation sites (N-methyl/N-ethyl adjacent to an activating group) is 1. The molecule has 1 atom stereocenters. The molecule has 0 aliphatic carbocycles. The minimum atomic E-state index is -5.08. The second kappa shape index (κ2) is 12.0. The Bertz CT molecular complexity index is 1340. The summed E-state index contributed by atoms with van der Waals surface area (Å²) in [5, 5.41) is 11.9. The summed E-state index contributed by atoms with van der Waals surface area (Å²) in [5.74, 6) is -1.37. The van der Waals surface area contributed by atoms with Crippen molar-refractivity contribution in [2.24, 2.45) is 0 Å². The van der Waals surface area contributed by atoms with Crippen LogP contribution in [0.1, 0.15) is 32.0 Å². The zero-order chi connectivity index (χ0) is 29.2. The topological polar surface area (TPSA) is 103 Å². The predicted molar refractivity (Wildman–Crippen MR) is 149 cm³/mol. The smallest absolute Gasteiger partial charge is 0.438 e. The van der Waals surface area contributed by atoms with E-state index in [1.54, 1.807) is 31.9 Å². The molecule has 1 aromatic carbocycles. The van der Waals surface area contributed by atoms with E-state index in [-0.39, 0.29) is 12.6 Å². The third-order valence-electron chi connectivity index (χ3n) is 7.22. The number of esters is 1. The van der Waals surface area contributed by atoms with E-state index in [1.807, 2.05) is 19.9 Å². The summed E-state index contributed by atoms with van der Waals surface area (Å²) < 4.78 is 43.5. The molecule has 10 nitrogen and oxygen atoms in total. The van der Waals surface area contributed by atoms with Crippen molar-refractivity contribution in [3.05, 3.63) is 34.7 Å². The third kappa shape index (κ3) is 6.35. The summed E-state index contributed by atoms with van der Waals surface area (Å²) in [6.45, 7) is 10.3. The summed E-state index contributed by atoms with van der Waals surface area (Å²) in [6.07, 6.45) is -3.91. The second-order valence-corrected chi connectivity index (χ2v) is 10.5. The van der Waals surface area contributed by atoms with Crippen LogP contribution in [-0.4, -0.2) is 89.3 Å². The summed E-state index contributed by atoms with van der Waals surface area (Å²) in [7, 11) is 1.61. The molecule has 2 N–H and O–H groups in total. The molecule has 0 bridgehead atoms. The van der Waals surface area contributed by atoms with Gasteiger partial charge in [0.15, 0.2) is 11.9 Å². The lowest BCUT2D eigenvalue weighted by atomic mass is 10.1. The Morgan fingerprint density at radius 3 is 2.50 bits per heavy atom. The Morgan fingerprint density at radius 1 is 1.20 bits per heavy atom. The van der Waals surface area contributed by atoms with Crippen molar-refractivity contribution in [1.29, 1.82) is 0 Å². The maximum absolute atomic E-state index is 12.9. The number of anilines is 3. The minimum Gasteiger partial charge on any atom is -0.438 e. The highest BCUT2D eigenvalue weighted by Gasteiger charge is 2.43. The normalized spacial score (nSPS) is 15.3. The first-order valence-electron chi connectivity index (χ1n) is 13.1. The Labute approximate surface area is 235 Å². The lowest BCUT2D eigenvalue weighted by molar-refractivity contribution is -0.212. The molecule has 1 aliphatic rings. The van der Waals surface area contributed by atoms with Gasteiger partial charge in [0.25, 0.3) is 0 Å². The van der Waals surface area contributed by atoms with Crippen molar-refractivity contribution < 1.29 is 22.7 Å². The molecule has 3 heterocycles. The lowest BCUT2D eigenvalue weighted by Gasteiger charge is -2.38. The van der Waals surface area contributed by atoms with Crippen LogP contribution in [-0.2, 0) is 16.0 Å². The van der Waals surface area contributed by atoms with Crippen LogP contribution in [0, 0.1) is 6.92 Å². The van der Waals surface area contributed by atoms with E-state index in [0.717, 1.165) is 34.6 Å². The van der Waals surface area contributed by atoms with Crippen molar-refractivity contribution in [2.45, 2.75) is 52.6 Å². The van der Waals surface area contributed by atoms with Gasteiger partial charge in [-0.2, -0.15) is 18.3 Å². The molecular formula is C26H34ClF3N8O2. The molecule has 0 amide bonds. The van der Waals surface area contributed by atoms with Gasteiger partial charge in [0, 0.05) is 48.6 Å². The minimum absolute atomic E-state index is 0.0565. The number of ether oxygens (including phenoxy) is 1. The van der Waals surface area contributed by atoms with Gasteiger partial charge in [-0.1, -0.05) is 18.5 Å². The van der Waals surface area contributed by atoms with Gasteiger partial charge < -0.3 is 19.9 Å². The highest BCUT2D eigenvalue weighted by atomic mass is 35.5. The van der Waals surface area contributed by atoms with E-state index in [0.29, 0.717) is 42.5 Å². The fraction of sp³-hybridized carbons (Fsp3) is 0.538. The molecule has 14 heteroatoms. The number of benzene rings is 1. The number of aryl methyl sites for hydroxylation is 1. The summed E-state index contributed by atoms with van der Waals surface area (Å²) in [4.78, 5) is 26.4. The first-order valence-corrected chi connectivity index (χ1v) is 13.5. The molecule has 1 fully saturated rings. The van der Waals surface area contributed by atoms with Gasteiger partial charge in [-0.05, 0) is 51.9 Å². The number of aromatic amines is 1. The number of hydrogen-bond acceptors (Lipinski definition) is 9. The SMILES string of the molecule is CCc1n[nH]c2ncnc(N3CCN(c4cc(Cl)cc(NCC(OC(=O)C(F)(F)F)N(C)C(C)C)c4C)CC3)c12. The Morgan fingerprint density at radius 2 is 1.88 bits per heavy atom. The van der Waals surface area contributed by atoms with Gasteiger partial charge in [0.2, 0.25) is 0 Å². The van der Waals surface area contributed by atoms with E-state index in [4.69, 9.17) is 16.3 Å². The molecule has 1 saturated heterocycles. The molecule has 0 saturated carbocycles. The van der Waals surface area contributed by atoms with Gasteiger partial charge in [-0.3, -0.25) is 10.00 Å². The largest absolute Gasteiger partial charge is 0.490 e. The molecule has 40 heavy (non-hydrogen) atoms. The average Bonchev–Trinajstić information content (AvgIpc) is 3.35. The van der Waals surface area contributed by atoms with Crippen LogP contribution < -0.4 is 15.1 Å². The van der Waals surface area contributed by atoms with Gasteiger partial charge in [0.1, 0.15) is 12.1 Å². The van der Waals surface area contributed by atoms with Gasteiger partial charge >= 0.3 is 12.1 Å². The van der Waals surface area contributed by atoms with Crippen LogP contribution in [0.4, 0.5) is 30.4 Å². The van der Waals surface area contributed by atoms with Crippen LogP contribution in [0.5, 0.6) is 0 Å². The highest BCUT2D eigenvalue weighted by molar-refractivity contribution is 6.31. The number of hydrogen-bond donors (Lipinski definition) is 2. The second-order valence-electron chi connectivity index (χ2n) is 10.0. The maximum Gasteiger partial charge on any atom is 0.490 e. The zero-order valence-electron chi connectivity index (χ0n) is 23.1. The number of nitrogens with zero attached hydrogens (tertiary/aromatic N) is 6. The number of carbonyl (C=O) groups is 1. The molecule has 0 radical (unpaired) electrons. The Hall–Kier alpha value is -3.32.